The molecule has 1 aromatic heterocycles. The molecule has 16 heavy (non-hydrogen) atoms. The normalized spacial score (nSPS) is 19.9. The Morgan fingerprint density at radius 1 is 1.38 bits per heavy atom. The summed E-state index contributed by atoms with van der Waals surface area (Å²) in [5.41, 5.74) is 0. The Kier molecular flexibility index (Phi) is 3.90. The summed E-state index contributed by atoms with van der Waals surface area (Å²) in [4.78, 5) is 6.73. The summed E-state index contributed by atoms with van der Waals surface area (Å²) < 4.78 is 10.6. The number of aryl methyl sites for hydroxylation is 1. The summed E-state index contributed by atoms with van der Waals surface area (Å²) in [6.07, 6.45) is 1.93. The van der Waals surface area contributed by atoms with E-state index in [-0.39, 0.29) is 6.04 Å². The van der Waals surface area contributed by atoms with Gasteiger partial charge in [0.2, 0.25) is 5.89 Å². The molecule has 1 fully saturated rings. The molecule has 1 unspecified atom stereocenters. The highest BCUT2D eigenvalue weighted by Crippen LogP contribution is 2.19. The lowest BCUT2D eigenvalue weighted by Crippen LogP contribution is -2.38. The van der Waals surface area contributed by atoms with Crippen molar-refractivity contribution in [3.8, 4) is 0 Å². The van der Waals surface area contributed by atoms with Crippen molar-refractivity contribution in [2.75, 3.05) is 26.3 Å². The number of nitrogens with zero attached hydrogens (tertiary/aromatic N) is 3. The number of hydrogen-bond donors (Lipinski definition) is 0. The number of aromatic nitrogens is 2. The molecule has 0 aromatic carbocycles. The quantitative estimate of drug-likeness (QED) is 0.775. The van der Waals surface area contributed by atoms with E-state index in [0.29, 0.717) is 0 Å². The van der Waals surface area contributed by atoms with Gasteiger partial charge in [-0.25, -0.2) is 0 Å². The highest BCUT2D eigenvalue weighted by Gasteiger charge is 2.23. The van der Waals surface area contributed by atoms with Gasteiger partial charge < -0.3 is 9.26 Å². The molecule has 1 aliphatic heterocycles. The van der Waals surface area contributed by atoms with Gasteiger partial charge in [-0.2, -0.15) is 4.98 Å². The van der Waals surface area contributed by atoms with Gasteiger partial charge in [-0.15, -0.1) is 0 Å². The first-order valence-corrected chi connectivity index (χ1v) is 5.95. The van der Waals surface area contributed by atoms with Gasteiger partial charge >= 0.3 is 0 Å². The maximum absolute atomic E-state index is 5.32. The van der Waals surface area contributed by atoms with Crippen LogP contribution in [0.1, 0.15) is 38.0 Å². The maximum Gasteiger partial charge on any atom is 0.243 e. The topological polar surface area (TPSA) is 51.4 Å². The van der Waals surface area contributed by atoms with Gasteiger partial charge in [0.1, 0.15) is 0 Å². The van der Waals surface area contributed by atoms with Crippen LogP contribution in [0.4, 0.5) is 0 Å². The standard InChI is InChI=1S/C11H19N3O2/c1-3-4-10-12-11(16-13-10)9(2)14-5-7-15-8-6-14/h9H,3-8H2,1-2H3. The fourth-order valence-corrected chi connectivity index (χ4v) is 1.88. The molecule has 90 valence electrons. The van der Waals surface area contributed by atoms with Crippen LogP contribution in [0.2, 0.25) is 0 Å². The van der Waals surface area contributed by atoms with E-state index < -0.39 is 0 Å². The minimum Gasteiger partial charge on any atom is -0.379 e. The number of morpholine rings is 1. The number of hydrogen-bond acceptors (Lipinski definition) is 5. The Hall–Kier alpha value is -0.940. The Morgan fingerprint density at radius 2 is 2.12 bits per heavy atom. The fraction of sp³-hybridized carbons (Fsp3) is 0.818. The Morgan fingerprint density at radius 3 is 2.81 bits per heavy atom. The monoisotopic (exact) mass is 225 g/mol. The first-order chi connectivity index (χ1) is 7.81. The molecule has 1 aromatic rings. The lowest BCUT2D eigenvalue weighted by Gasteiger charge is -2.29. The molecule has 0 radical (unpaired) electrons. The van der Waals surface area contributed by atoms with Crippen LogP contribution < -0.4 is 0 Å². The van der Waals surface area contributed by atoms with Crippen LogP contribution in [0.15, 0.2) is 4.52 Å². The molecule has 5 heteroatoms. The van der Waals surface area contributed by atoms with Gasteiger partial charge in [0, 0.05) is 19.5 Å². The summed E-state index contributed by atoms with van der Waals surface area (Å²) in [6.45, 7) is 7.68. The van der Waals surface area contributed by atoms with E-state index >= 15 is 0 Å². The molecule has 0 saturated carbocycles. The Labute approximate surface area is 95.8 Å². The van der Waals surface area contributed by atoms with Crippen LogP contribution >= 0.6 is 0 Å². The van der Waals surface area contributed by atoms with Crippen molar-refractivity contribution in [1.82, 2.24) is 15.0 Å². The average molecular weight is 225 g/mol. The van der Waals surface area contributed by atoms with Gasteiger partial charge in [-0.05, 0) is 13.3 Å². The average Bonchev–Trinajstić information content (AvgIpc) is 2.78. The lowest BCUT2D eigenvalue weighted by atomic mass is 10.2. The van der Waals surface area contributed by atoms with Crippen molar-refractivity contribution in [3.63, 3.8) is 0 Å². The van der Waals surface area contributed by atoms with Crippen LogP contribution in [-0.2, 0) is 11.2 Å². The zero-order chi connectivity index (χ0) is 11.4. The second-order valence-electron chi connectivity index (χ2n) is 4.12. The molecule has 2 heterocycles. The number of rotatable bonds is 4. The fourth-order valence-electron chi connectivity index (χ4n) is 1.88. The predicted octanol–water partition coefficient (Wildman–Crippen LogP) is 1.42. The van der Waals surface area contributed by atoms with Gasteiger partial charge in [0.15, 0.2) is 5.82 Å². The molecule has 0 amide bonds. The van der Waals surface area contributed by atoms with Crippen molar-refractivity contribution in [1.29, 1.82) is 0 Å². The molecule has 0 spiro atoms. The van der Waals surface area contributed by atoms with E-state index in [1.54, 1.807) is 0 Å². The van der Waals surface area contributed by atoms with E-state index in [2.05, 4.69) is 28.9 Å². The molecular formula is C11H19N3O2. The zero-order valence-electron chi connectivity index (χ0n) is 9.98. The highest BCUT2D eigenvalue weighted by molar-refractivity contribution is 4.92. The SMILES string of the molecule is CCCc1noc(C(C)N2CCOCC2)n1. The van der Waals surface area contributed by atoms with Gasteiger partial charge in [0.25, 0.3) is 0 Å². The largest absolute Gasteiger partial charge is 0.379 e. The van der Waals surface area contributed by atoms with E-state index in [1.165, 1.54) is 0 Å². The third-order valence-electron chi connectivity index (χ3n) is 2.91. The van der Waals surface area contributed by atoms with Gasteiger partial charge in [0.05, 0.1) is 19.3 Å². The molecule has 1 aliphatic rings. The second-order valence-corrected chi connectivity index (χ2v) is 4.12. The Balaban J connectivity index is 1.98. The molecule has 1 saturated heterocycles. The molecule has 2 rings (SSSR count). The van der Waals surface area contributed by atoms with Crippen molar-refractivity contribution in [3.05, 3.63) is 11.7 Å². The molecule has 0 bridgehead atoms. The third kappa shape index (κ3) is 2.59. The highest BCUT2D eigenvalue weighted by atomic mass is 16.5. The van der Waals surface area contributed by atoms with E-state index in [9.17, 15) is 0 Å². The van der Waals surface area contributed by atoms with Crippen LogP contribution in [0, 0.1) is 0 Å². The molecule has 5 nitrogen and oxygen atoms in total. The summed E-state index contributed by atoms with van der Waals surface area (Å²) in [5.74, 6) is 1.54. The van der Waals surface area contributed by atoms with Crippen molar-refractivity contribution in [2.45, 2.75) is 32.7 Å². The number of ether oxygens (including phenoxy) is 1. The second kappa shape index (κ2) is 5.41. The first-order valence-electron chi connectivity index (χ1n) is 5.95. The first kappa shape index (κ1) is 11.5. The van der Waals surface area contributed by atoms with Gasteiger partial charge in [-0.1, -0.05) is 12.1 Å². The molecule has 0 aliphatic carbocycles. The summed E-state index contributed by atoms with van der Waals surface area (Å²) in [7, 11) is 0. The summed E-state index contributed by atoms with van der Waals surface area (Å²) in [6, 6.07) is 0.196. The van der Waals surface area contributed by atoms with Crippen LogP contribution in [-0.4, -0.2) is 41.3 Å². The van der Waals surface area contributed by atoms with Crippen molar-refractivity contribution >= 4 is 0 Å². The smallest absolute Gasteiger partial charge is 0.243 e. The lowest BCUT2D eigenvalue weighted by molar-refractivity contribution is 0.0134. The van der Waals surface area contributed by atoms with Crippen LogP contribution in [0.5, 0.6) is 0 Å². The van der Waals surface area contributed by atoms with Crippen molar-refractivity contribution in [2.24, 2.45) is 0 Å². The van der Waals surface area contributed by atoms with Crippen LogP contribution in [0.3, 0.4) is 0 Å². The third-order valence-corrected chi connectivity index (χ3v) is 2.91. The predicted molar refractivity (Wildman–Crippen MR) is 59.1 cm³/mol. The molecule has 1 atom stereocenters. The van der Waals surface area contributed by atoms with Gasteiger partial charge in [-0.3, -0.25) is 4.90 Å². The maximum atomic E-state index is 5.32. The minimum atomic E-state index is 0.196. The zero-order valence-corrected chi connectivity index (χ0v) is 9.98. The molecule has 0 N–H and O–H groups in total. The summed E-state index contributed by atoms with van der Waals surface area (Å²) >= 11 is 0. The minimum absolute atomic E-state index is 0.196. The van der Waals surface area contributed by atoms with E-state index in [1.807, 2.05) is 0 Å². The van der Waals surface area contributed by atoms with E-state index in [0.717, 1.165) is 50.9 Å². The Bertz CT molecular complexity index is 321. The molecular weight excluding hydrogens is 206 g/mol. The van der Waals surface area contributed by atoms with E-state index in [4.69, 9.17) is 9.26 Å². The van der Waals surface area contributed by atoms with Crippen LogP contribution in [0.25, 0.3) is 0 Å². The summed E-state index contributed by atoms with van der Waals surface area (Å²) in [5, 5.41) is 3.98. The van der Waals surface area contributed by atoms with Crippen molar-refractivity contribution < 1.29 is 9.26 Å².